The van der Waals surface area contributed by atoms with Crippen LogP contribution in [0, 0.1) is 24.2 Å². The highest BCUT2D eigenvalue weighted by molar-refractivity contribution is 6.31. The fourth-order valence-corrected chi connectivity index (χ4v) is 2.55. The van der Waals surface area contributed by atoms with E-state index in [4.69, 9.17) is 16.9 Å². The Morgan fingerprint density at radius 2 is 2.20 bits per heavy atom. The molecule has 108 valence electrons. The smallest absolute Gasteiger partial charge is 0.222 e. The number of halogens is 1. The van der Waals surface area contributed by atoms with E-state index < -0.39 is 0 Å². The first-order valence-corrected chi connectivity index (χ1v) is 7.26. The Morgan fingerprint density at radius 1 is 1.50 bits per heavy atom. The number of likely N-dealkylation sites (tertiary alicyclic amines) is 1. The van der Waals surface area contributed by atoms with E-state index in [1.54, 1.807) is 12.1 Å². The fourth-order valence-electron chi connectivity index (χ4n) is 2.27. The lowest BCUT2D eigenvalue weighted by Gasteiger charge is -2.07. The average molecular weight is 293 g/mol. The largest absolute Gasteiger partial charge is 0.345 e. The Kier molecular flexibility index (Phi) is 6.54. The van der Waals surface area contributed by atoms with Crippen LogP contribution in [0.2, 0.25) is 5.02 Å². The van der Waals surface area contributed by atoms with Crippen LogP contribution < -0.4 is 0 Å². The highest BCUT2D eigenvalue weighted by atomic mass is 35.5. The van der Waals surface area contributed by atoms with Gasteiger partial charge in [-0.1, -0.05) is 31.0 Å². The predicted molar refractivity (Wildman–Crippen MR) is 81.6 cm³/mol. The molecule has 20 heavy (non-hydrogen) atoms. The molecule has 1 saturated heterocycles. The molecule has 0 spiro atoms. The molecule has 2 rings (SSSR count). The average Bonchev–Trinajstić information content (AvgIpc) is 2.70. The quantitative estimate of drug-likeness (QED) is 0.832. The Morgan fingerprint density at radius 3 is 2.65 bits per heavy atom. The number of hydrogen-bond acceptors (Lipinski definition) is 2. The molecule has 0 saturated carbocycles. The van der Waals surface area contributed by atoms with Crippen LogP contribution in [-0.2, 0) is 4.79 Å². The summed E-state index contributed by atoms with van der Waals surface area (Å²) in [5.74, 6) is 0.959. The number of aryl methyl sites for hydroxylation is 1. The van der Waals surface area contributed by atoms with E-state index in [0.29, 0.717) is 22.4 Å². The lowest BCUT2D eigenvalue weighted by atomic mass is 10.0. The van der Waals surface area contributed by atoms with Crippen LogP contribution in [0.4, 0.5) is 0 Å². The van der Waals surface area contributed by atoms with E-state index in [1.165, 1.54) is 12.8 Å². The van der Waals surface area contributed by atoms with Crippen LogP contribution in [0.1, 0.15) is 37.3 Å². The van der Waals surface area contributed by atoms with Crippen molar-refractivity contribution in [3.8, 4) is 6.07 Å². The Labute approximate surface area is 126 Å². The maximum atomic E-state index is 11.0. The minimum atomic E-state index is 0.318. The topological polar surface area (TPSA) is 44.1 Å². The first kappa shape index (κ1) is 16.5. The SMILES string of the molecule is CCCC1CC(=O)N(C)C1.Cc1ccc(C#N)c(Cl)c1. The molecular weight excluding hydrogens is 272 g/mol. The number of rotatable bonds is 2. The minimum Gasteiger partial charge on any atom is -0.345 e. The van der Waals surface area contributed by atoms with Crippen molar-refractivity contribution in [3.05, 3.63) is 34.3 Å². The third-order valence-electron chi connectivity index (χ3n) is 3.36. The number of amides is 1. The number of nitrogens with zero attached hydrogens (tertiary/aromatic N) is 2. The maximum Gasteiger partial charge on any atom is 0.222 e. The molecule has 1 unspecified atom stereocenters. The van der Waals surface area contributed by atoms with Gasteiger partial charge in [-0.05, 0) is 37.0 Å². The normalized spacial score (nSPS) is 17.4. The van der Waals surface area contributed by atoms with Crippen molar-refractivity contribution in [1.29, 1.82) is 5.26 Å². The number of carbonyl (C=O) groups is 1. The van der Waals surface area contributed by atoms with Crippen molar-refractivity contribution in [2.45, 2.75) is 33.1 Å². The van der Waals surface area contributed by atoms with Crippen LogP contribution in [-0.4, -0.2) is 24.4 Å². The van der Waals surface area contributed by atoms with Gasteiger partial charge in [-0.3, -0.25) is 4.79 Å². The van der Waals surface area contributed by atoms with E-state index in [0.717, 1.165) is 18.5 Å². The summed E-state index contributed by atoms with van der Waals surface area (Å²) in [6.07, 6.45) is 3.19. The second-order valence-electron chi connectivity index (χ2n) is 5.23. The first-order chi connectivity index (χ1) is 9.47. The van der Waals surface area contributed by atoms with Gasteiger partial charge in [0.1, 0.15) is 6.07 Å². The third-order valence-corrected chi connectivity index (χ3v) is 3.68. The van der Waals surface area contributed by atoms with Crippen molar-refractivity contribution in [2.75, 3.05) is 13.6 Å². The van der Waals surface area contributed by atoms with Gasteiger partial charge in [0.15, 0.2) is 0 Å². The Balaban J connectivity index is 0.000000200. The second kappa shape index (κ2) is 7.91. The monoisotopic (exact) mass is 292 g/mol. The van der Waals surface area contributed by atoms with Gasteiger partial charge in [-0.25, -0.2) is 0 Å². The lowest BCUT2D eigenvalue weighted by Crippen LogP contribution is -2.18. The van der Waals surface area contributed by atoms with Crippen LogP contribution in [0.15, 0.2) is 18.2 Å². The summed E-state index contributed by atoms with van der Waals surface area (Å²) in [6.45, 7) is 5.09. The minimum absolute atomic E-state index is 0.318. The zero-order valence-electron chi connectivity index (χ0n) is 12.3. The summed E-state index contributed by atoms with van der Waals surface area (Å²) in [7, 11) is 1.89. The molecule has 1 aliphatic rings. The van der Waals surface area contributed by atoms with Crippen LogP contribution >= 0.6 is 11.6 Å². The molecule has 0 N–H and O–H groups in total. The van der Waals surface area contributed by atoms with Crippen molar-refractivity contribution < 1.29 is 4.79 Å². The molecule has 1 aliphatic heterocycles. The highest BCUT2D eigenvalue weighted by Gasteiger charge is 2.25. The molecular formula is C16H21ClN2O. The lowest BCUT2D eigenvalue weighted by molar-refractivity contribution is -0.126. The molecule has 1 aromatic carbocycles. The van der Waals surface area contributed by atoms with E-state index in [-0.39, 0.29) is 0 Å². The molecule has 1 heterocycles. The van der Waals surface area contributed by atoms with Crippen LogP contribution in [0.3, 0.4) is 0 Å². The zero-order chi connectivity index (χ0) is 15.1. The van der Waals surface area contributed by atoms with Crippen molar-refractivity contribution >= 4 is 17.5 Å². The van der Waals surface area contributed by atoms with E-state index >= 15 is 0 Å². The summed E-state index contributed by atoms with van der Waals surface area (Å²) in [4.78, 5) is 12.8. The van der Waals surface area contributed by atoms with Crippen LogP contribution in [0.25, 0.3) is 0 Å². The van der Waals surface area contributed by atoms with Crippen molar-refractivity contribution in [1.82, 2.24) is 4.90 Å². The molecule has 3 nitrogen and oxygen atoms in total. The molecule has 1 aromatic rings. The van der Waals surface area contributed by atoms with Crippen molar-refractivity contribution in [2.24, 2.45) is 5.92 Å². The van der Waals surface area contributed by atoms with Gasteiger partial charge in [0.05, 0.1) is 10.6 Å². The summed E-state index contributed by atoms with van der Waals surface area (Å²) in [5.41, 5.74) is 1.61. The van der Waals surface area contributed by atoms with Gasteiger partial charge >= 0.3 is 0 Å². The van der Waals surface area contributed by atoms with Crippen LogP contribution in [0.5, 0.6) is 0 Å². The van der Waals surface area contributed by atoms with Gasteiger partial charge in [0, 0.05) is 20.0 Å². The summed E-state index contributed by atoms with van der Waals surface area (Å²) in [5, 5.41) is 9.00. The fraction of sp³-hybridized carbons (Fsp3) is 0.500. The third kappa shape index (κ3) is 4.86. The van der Waals surface area contributed by atoms with E-state index in [1.807, 2.05) is 31.0 Å². The molecule has 1 amide bonds. The Bertz CT molecular complexity index is 508. The summed E-state index contributed by atoms with van der Waals surface area (Å²) in [6, 6.07) is 7.35. The molecule has 1 fully saturated rings. The molecule has 0 radical (unpaired) electrons. The molecule has 0 aromatic heterocycles. The Hall–Kier alpha value is -1.53. The standard InChI is InChI=1S/C8H6ClN.C8H15NO/c1-6-2-3-7(5-10)8(9)4-6;1-3-4-7-5-8(10)9(2)6-7/h2-4H,1H3;7H,3-6H2,1-2H3. The number of nitriles is 1. The maximum absolute atomic E-state index is 11.0. The van der Waals surface area contributed by atoms with Gasteiger partial charge < -0.3 is 4.90 Å². The molecule has 0 bridgehead atoms. The van der Waals surface area contributed by atoms with Crippen molar-refractivity contribution in [3.63, 3.8) is 0 Å². The van der Waals surface area contributed by atoms with E-state index in [2.05, 4.69) is 6.92 Å². The first-order valence-electron chi connectivity index (χ1n) is 6.88. The predicted octanol–water partition coefficient (Wildman–Crippen LogP) is 3.78. The summed E-state index contributed by atoms with van der Waals surface area (Å²) >= 11 is 5.71. The second-order valence-corrected chi connectivity index (χ2v) is 5.64. The summed E-state index contributed by atoms with van der Waals surface area (Å²) < 4.78 is 0. The van der Waals surface area contributed by atoms with Gasteiger partial charge in [0.25, 0.3) is 0 Å². The van der Waals surface area contributed by atoms with Gasteiger partial charge in [-0.2, -0.15) is 5.26 Å². The highest BCUT2D eigenvalue weighted by Crippen LogP contribution is 2.20. The molecule has 4 heteroatoms. The molecule has 1 atom stereocenters. The van der Waals surface area contributed by atoms with Gasteiger partial charge in [0.2, 0.25) is 5.91 Å². The number of benzene rings is 1. The van der Waals surface area contributed by atoms with Gasteiger partial charge in [-0.15, -0.1) is 0 Å². The number of carbonyl (C=O) groups excluding carboxylic acids is 1. The molecule has 0 aliphatic carbocycles. The van der Waals surface area contributed by atoms with E-state index in [9.17, 15) is 4.79 Å². The zero-order valence-corrected chi connectivity index (χ0v) is 13.1. The number of hydrogen-bond donors (Lipinski definition) is 0.